The van der Waals surface area contributed by atoms with Gasteiger partial charge in [-0.05, 0) is 57.5 Å². The van der Waals surface area contributed by atoms with Crippen molar-refractivity contribution >= 4 is 5.69 Å². The molecule has 1 saturated heterocycles. The second-order valence-electron chi connectivity index (χ2n) is 5.21. The fourth-order valence-corrected chi connectivity index (χ4v) is 2.48. The van der Waals surface area contributed by atoms with E-state index in [1.807, 2.05) is 13.0 Å². The minimum absolute atomic E-state index is 0.159. The first-order chi connectivity index (χ1) is 8.04. The molecule has 0 aromatic heterocycles. The Balaban J connectivity index is 2.01. The number of benzene rings is 1. The third kappa shape index (κ3) is 3.19. The SMILES string of the molecule is Cc1cc(F)cc(NC2CCN(C)C(C)C2)c1. The van der Waals surface area contributed by atoms with E-state index in [1.165, 1.54) is 0 Å². The Morgan fingerprint density at radius 1 is 1.35 bits per heavy atom. The lowest BCUT2D eigenvalue weighted by Crippen LogP contribution is -2.42. The van der Waals surface area contributed by atoms with Gasteiger partial charge in [0.15, 0.2) is 0 Å². The van der Waals surface area contributed by atoms with Gasteiger partial charge in [-0.25, -0.2) is 4.39 Å². The maximum absolute atomic E-state index is 13.3. The Morgan fingerprint density at radius 3 is 2.76 bits per heavy atom. The zero-order valence-corrected chi connectivity index (χ0v) is 10.8. The van der Waals surface area contributed by atoms with Crippen molar-refractivity contribution in [3.63, 3.8) is 0 Å². The van der Waals surface area contributed by atoms with Gasteiger partial charge in [-0.1, -0.05) is 0 Å². The molecule has 2 unspecified atom stereocenters. The highest BCUT2D eigenvalue weighted by atomic mass is 19.1. The molecule has 1 aliphatic heterocycles. The molecule has 0 amide bonds. The van der Waals surface area contributed by atoms with Gasteiger partial charge in [0, 0.05) is 24.3 Å². The molecular formula is C14H21FN2. The molecule has 0 bridgehead atoms. The second-order valence-corrected chi connectivity index (χ2v) is 5.21. The third-order valence-electron chi connectivity index (χ3n) is 3.62. The van der Waals surface area contributed by atoms with Crippen molar-refractivity contribution in [1.29, 1.82) is 0 Å². The maximum Gasteiger partial charge on any atom is 0.125 e. The van der Waals surface area contributed by atoms with Gasteiger partial charge in [0.05, 0.1) is 0 Å². The summed E-state index contributed by atoms with van der Waals surface area (Å²) in [5.41, 5.74) is 1.87. The fourth-order valence-electron chi connectivity index (χ4n) is 2.48. The molecule has 1 aromatic carbocycles. The Hall–Kier alpha value is -1.09. The number of nitrogens with one attached hydrogen (secondary N) is 1. The molecule has 1 fully saturated rings. The van der Waals surface area contributed by atoms with E-state index < -0.39 is 0 Å². The molecule has 1 heterocycles. The van der Waals surface area contributed by atoms with E-state index in [1.54, 1.807) is 12.1 Å². The predicted octanol–water partition coefficient (Wildman–Crippen LogP) is 3.03. The van der Waals surface area contributed by atoms with E-state index >= 15 is 0 Å². The first-order valence-corrected chi connectivity index (χ1v) is 6.28. The molecule has 0 aliphatic carbocycles. The van der Waals surface area contributed by atoms with Crippen LogP contribution in [0.2, 0.25) is 0 Å². The van der Waals surface area contributed by atoms with E-state index in [4.69, 9.17) is 0 Å². The van der Waals surface area contributed by atoms with E-state index in [2.05, 4.69) is 24.2 Å². The molecule has 1 N–H and O–H groups in total. The van der Waals surface area contributed by atoms with Gasteiger partial charge in [0.1, 0.15) is 5.82 Å². The summed E-state index contributed by atoms with van der Waals surface area (Å²) in [5.74, 6) is -0.159. The van der Waals surface area contributed by atoms with Gasteiger partial charge >= 0.3 is 0 Å². The number of halogens is 1. The Morgan fingerprint density at radius 2 is 2.12 bits per heavy atom. The lowest BCUT2D eigenvalue weighted by molar-refractivity contribution is 0.190. The van der Waals surface area contributed by atoms with Gasteiger partial charge < -0.3 is 10.2 Å². The summed E-state index contributed by atoms with van der Waals surface area (Å²) in [6, 6.07) is 6.20. The van der Waals surface area contributed by atoms with Crippen molar-refractivity contribution < 1.29 is 4.39 Å². The summed E-state index contributed by atoms with van der Waals surface area (Å²) in [6.07, 6.45) is 2.24. The van der Waals surface area contributed by atoms with Gasteiger partial charge in [-0.2, -0.15) is 0 Å². The second kappa shape index (κ2) is 5.05. The lowest BCUT2D eigenvalue weighted by atomic mass is 9.98. The molecule has 17 heavy (non-hydrogen) atoms. The summed E-state index contributed by atoms with van der Waals surface area (Å²) in [5, 5.41) is 3.45. The highest BCUT2D eigenvalue weighted by molar-refractivity contribution is 5.46. The first kappa shape index (κ1) is 12.4. The van der Waals surface area contributed by atoms with Crippen LogP contribution in [0.1, 0.15) is 25.3 Å². The van der Waals surface area contributed by atoms with Crippen molar-refractivity contribution in [1.82, 2.24) is 4.90 Å². The average molecular weight is 236 g/mol. The molecule has 0 radical (unpaired) electrons. The van der Waals surface area contributed by atoms with Crippen LogP contribution in [0.4, 0.5) is 10.1 Å². The Labute approximate surface area is 103 Å². The summed E-state index contributed by atoms with van der Waals surface area (Å²) in [6.45, 7) is 5.27. The summed E-state index contributed by atoms with van der Waals surface area (Å²) < 4.78 is 13.3. The van der Waals surface area contributed by atoms with Crippen LogP contribution in [-0.2, 0) is 0 Å². The van der Waals surface area contributed by atoms with Gasteiger partial charge in [0.25, 0.3) is 0 Å². The number of anilines is 1. The van der Waals surface area contributed by atoms with E-state index in [0.717, 1.165) is 30.6 Å². The normalized spacial score (nSPS) is 25.9. The van der Waals surface area contributed by atoms with E-state index in [9.17, 15) is 4.39 Å². The maximum atomic E-state index is 13.3. The monoisotopic (exact) mass is 236 g/mol. The highest BCUT2D eigenvalue weighted by Gasteiger charge is 2.22. The zero-order valence-electron chi connectivity index (χ0n) is 10.8. The van der Waals surface area contributed by atoms with Crippen LogP contribution in [0, 0.1) is 12.7 Å². The molecule has 0 saturated carbocycles. The van der Waals surface area contributed by atoms with Crippen LogP contribution < -0.4 is 5.32 Å². The summed E-state index contributed by atoms with van der Waals surface area (Å²) >= 11 is 0. The Bertz CT molecular complexity index is 372. The molecule has 1 aromatic rings. The van der Waals surface area contributed by atoms with Gasteiger partial charge in [0.2, 0.25) is 0 Å². The van der Waals surface area contributed by atoms with Gasteiger partial charge in [-0.15, -0.1) is 0 Å². The van der Waals surface area contributed by atoms with Crippen LogP contribution in [0.3, 0.4) is 0 Å². The van der Waals surface area contributed by atoms with Crippen molar-refractivity contribution in [2.45, 2.75) is 38.8 Å². The average Bonchev–Trinajstić information content (AvgIpc) is 2.22. The minimum atomic E-state index is -0.159. The van der Waals surface area contributed by atoms with Crippen molar-refractivity contribution in [2.75, 3.05) is 18.9 Å². The molecule has 1 aliphatic rings. The standard InChI is InChI=1S/C14H21FN2/c1-10-6-12(15)9-14(7-10)16-13-4-5-17(3)11(2)8-13/h6-7,9,11,13,16H,4-5,8H2,1-3H3. The number of hydrogen-bond donors (Lipinski definition) is 1. The molecule has 2 atom stereocenters. The van der Waals surface area contributed by atoms with Crippen molar-refractivity contribution in [3.05, 3.63) is 29.6 Å². The highest BCUT2D eigenvalue weighted by Crippen LogP contribution is 2.21. The van der Waals surface area contributed by atoms with E-state index in [-0.39, 0.29) is 5.82 Å². The first-order valence-electron chi connectivity index (χ1n) is 6.28. The number of aryl methyl sites for hydroxylation is 1. The fraction of sp³-hybridized carbons (Fsp3) is 0.571. The van der Waals surface area contributed by atoms with Crippen LogP contribution in [0.25, 0.3) is 0 Å². The number of rotatable bonds is 2. The smallest absolute Gasteiger partial charge is 0.125 e. The van der Waals surface area contributed by atoms with Crippen LogP contribution >= 0.6 is 0 Å². The lowest BCUT2D eigenvalue weighted by Gasteiger charge is -2.35. The Kier molecular flexibility index (Phi) is 3.67. The van der Waals surface area contributed by atoms with Crippen molar-refractivity contribution in [3.8, 4) is 0 Å². The van der Waals surface area contributed by atoms with Gasteiger partial charge in [-0.3, -0.25) is 0 Å². The molecule has 94 valence electrons. The summed E-state index contributed by atoms with van der Waals surface area (Å²) in [7, 11) is 2.16. The number of piperidine rings is 1. The third-order valence-corrected chi connectivity index (χ3v) is 3.62. The minimum Gasteiger partial charge on any atom is -0.382 e. The van der Waals surface area contributed by atoms with Crippen LogP contribution in [-0.4, -0.2) is 30.6 Å². The predicted molar refractivity (Wildman–Crippen MR) is 69.9 cm³/mol. The van der Waals surface area contributed by atoms with Crippen LogP contribution in [0.5, 0.6) is 0 Å². The molecule has 2 rings (SSSR count). The zero-order chi connectivity index (χ0) is 12.4. The largest absolute Gasteiger partial charge is 0.382 e. The van der Waals surface area contributed by atoms with Crippen molar-refractivity contribution in [2.24, 2.45) is 0 Å². The topological polar surface area (TPSA) is 15.3 Å². The van der Waals surface area contributed by atoms with Crippen LogP contribution in [0.15, 0.2) is 18.2 Å². The summed E-state index contributed by atoms with van der Waals surface area (Å²) in [4.78, 5) is 2.37. The molecule has 3 heteroatoms. The number of likely N-dealkylation sites (tertiary alicyclic amines) is 1. The van der Waals surface area contributed by atoms with E-state index in [0.29, 0.717) is 12.1 Å². The number of nitrogens with zero attached hydrogens (tertiary/aromatic N) is 1. The molecular weight excluding hydrogens is 215 g/mol. The molecule has 0 spiro atoms. The molecule has 2 nitrogen and oxygen atoms in total. The quantitative estimate of drug-likeness (QED) is 0.849. The number of hydrogen-bond acceptors (Lipinski definition) is 2.